The molecule has 1 rings (SSSR count). The van der Waals surface area contributed by atoms with Gasteiger partial charge in [-0.15, -0.1) is 11.8 Å². The van der Waals surface area contributed by atoms with E-state index in [0.717, 1.165) is 5.88 Å². The summed E-state index contributed by atoms with van der Waals surface area (Å²) in [6.07, 6.45) is 2.30. The van der Waals surface area contributed by atoms with Gasteiger partial charge in [0, 0.05) is 11.7 Å². The average Bonchev–Trinajstić information content (AvgIpc) is 2.03. The number of rotatable bonds is 1. The van der Waals surface area contributed by atoms with Gasteiger partial charge < -0.3 is 4.90 Å². The Labute approximate surface area is 85.9 Å². The third-order valence-corrected chi connectivity index (χ3v) is 3.20. The first kappa shape index (κ1) is 10.7. The maximum atomic E-state index is 2.45. The van der Waals surface area contributed by atoms with Crippen LogP contribution in [0.4, 0.5) is 0 Å². The van der Waals surface area contributed by atoms with Crippen molar-refractivity contribution in [2.45, 2.75) is 40.7 Å². The van der Waals surface area contributed by atoms with Crippen molar-refractivity contribution < 1.29 is 0 Å². The Kier molecular flexibility index (Phi) is 3.48. The minimum atomic E-state index is 0.599. The van der Waals surface area contributed by atoms with Crippen LogP contribution in [0.1, 0.15) is 34.6 Å². The van der Waals surface area contributed by atoms with Gasteiger partial charge in [0.1, 0.15) is 0 Å². The van der Waals surface area contributed by atoms with Crippen LogP contribution < -0.4 is 0 Å². The second-order valence-corrected chi connectivity index (χ2v) is 5.17. The van der Waals surface area contributed by atoms with Crippen LogP contribution in [-0.4, -0.2) is 16.8 Å². The molecule has 1 nitrogen and oxygen atoms in total. The molecule has 0 aliphatic carbocycles. The highest BCUT2D eigenvalue weighted by Gasteiger charge is 2.17. The molecule has 0 amide bonds. The molecule has 0 atom stereocenters. The van der Waals surface area contributed by atoms with Crippen molar-refractivity contribution in [1.29, 1.82) is 0 Å². The Hall–Kier alpha value is -0.370. The SMILES string of the molecule is CC1=CC(=C(C)C)N(C(C)C)CS1. The van der Waals surface area contributed by atoms with E-state index in [1.807, 2.05) is 11.8 Å². The lowest BCUT2D eigenvalue weighted by molar-refractivity contribution is 0.336. The molecule has 0 saturated heterocycles. The van der Waals surface area contributed by atoms with E-state index >= 15 is 0 Å². The Morgan fingerprint density at radius 3 is 2.54 bits per heavy atom. The molecule has 0 fully saturated rings. The summed E-state index contributed by atoms with van der Waals surface area (Å²) in [7, 11) is 0. The quantitative estimate of drug-likeness (QED) is 0.632. The maximum absolute atomic E-state index is 2.45. The van der Waals surface area contributed by atoms with Crippen LogP contribution in [0.3, 0.4) is 0 Å². The van der Waals surface area contributed by atoms with Crippen molar-refractivity contribution >= 4 is 11.8 Å². The molecular weight excluding hydrogens is 178 g/mol. The van der Waals surface area contributed by atoms with E-state index in [1.54, 1.807) is 0 Å². The fourth-order valence-corrected chi connectivity index (χ4v) is 2.39. The van der Waals surface area contributed by atoms with Gasteiger partial charge in [-0.05, 0) is 45.6 Å². The van der Waals surface area contributed by atoms with E-state index < -0.39 is 0 Å². The summed E-state index contributed by atoms with van der Waals surface area (Å²) in [5.74, 6) is 1.10. The third kappa shape index (κ3) is 2.53. The highest BCUT2D eigenvalue weighted by molar-refractivity contribution is 8.03. The van der Waals surface area contributed by atoms with Gasteiger partial charge in [-0.1, -0.05) is 5.57 Å². The summed E-state index contributed by atoms with van der Waals surface area (Å²) >= 11 is 1.93. The van der Waals surface area contributed by atoms with Crippen LogP contribution in [0.15, 0.2) is 22.3 Å². The fraction of sp³-hybridized carbons (Fsp3) is 0.636. The van der Waals surface area contributed by atoms with E-state index in [2.05, 4.69) is 45.6 Å². The zero-order valence-electron chi connectivity index (χ0n) is 9.22. The predicted octanol–water partition coefficient (Wildman–Crippen LogP) is 3.60. The van der Waals surface area contributed by atoms with Crippen LogP contribution >= 0.6 is 11.8 Å². The summed E-state index contributed by atoms with van der Waals surface area (Å²) in [6.45, 7) is 11.1. The molecule has 1 aliphatic heterocycles. The summed E-state index contributed by atoms with van der Waals surface area (Å²) in [5, 5.41) is 0. The predicted molar refractivity (Wildman–Crippen MR) is 61.6 cm³/mol. The molecule has 0 spiro atoms. The van der Waals surface area contributed by atoms with Crippen LogP contribution in [0.25, 0.3) is 0 Å². The van der Waals surface area contributed by atoms with Crippen molar-refractivity contribution in [2.75, 3.05) is 5.88 Å². The molecule has 0 saturated carbocycles. The minimum Gasteiger partial charge on any atom is -0.360 e. The van der Waals surface area contributed by atoms with E-state index in [0.29, 0.717) is 6.04 Å². The molecule has 1 heterocycles. The maximum Gasteiger partial charge on any atom is 0.0685 e. The van der Waals surface area contributed by atoms with Crippen molar-refractivity contribution in [3.8, 4) is 0 Å². The molecule has 1 aliphatic rings. The lowest BCUT2D eigenvalue weighted by Crippen LogP contribution is -2.31. The molecule has 0 aromatic rings. The molecule has 2 heteroatoms. The summed E-state index contributed by atoms with van der Waals surface area (Å²) in [5.41, 5.74) is 2.82. The van der Waals surface area contributed by atoms with Crippen molar-refractivity contribution in [3.05, 3.63) is 22.3 Å². The Balaban J connectivity index is 2.96. The van der Waals surface area contributed by atoms with Crippen LogP contribution in [0.5, 0.6) is 0 Å². The fourth-order valence-electron chi connectivity index (χ4n) is 1.42. The molecule has 0 unspecified atom stereocenters. The monoisotopic (exact) mass is 197 g/mol. The average molecular weight is 197 g/mol. The van der Waals surface area contributed by atoms with Gasteiger partial charge in [0.25, 0.3) is 0 Å². The van der Waals surface area contributed by atoms with Gasteiger partial charge in [-0.25, -0.2) is 0 Å². The summed E-state index contributed by atoms with van der Waals surface area (Å²) in [6, 6.07) is 0.599. The zero-order chi connectivity index (χ0) is 10.0. The zero-order valence-corrected chi connectivity index (χ0v) is 10.0. The molecule has 74 valence electrons. The standard InChI is InChI=1S/C11H19NS/c1-8(2)11-6-10(5)13-7-12(11)9(3)4/h6,9H,7H2,1-5H3. The number of hydrogen-bond acceptors (Lipinski definition) is 2. The van der Waals surface area contributed by atoms with Crippen LogP contribution in [0, 0.1) is 0 Å². The topological polar surface area (TPSA) is 3.24 Å². The van der Waals surface area contributed by atoms with Gasteiger partial charge in [0.15, 0.2) is 0 Å². The number of allylic oxidation sites excluding steroid dienone is 3. The van der Waals surface area contributed by atoms with Crippen LogP contribution in [-0.2, 0) is 0 Å². The van der Waals surface area contributed by atoms with Crippen molar-refractivity contribution in [3.63, 3.8) is 0 Å². The molecule has 13 heavy (non-hydrogen) atoms. The first-order chi connectivity index (χ1) is 6.02. The van der Waals surface area contributed by atoms with Gasteiger partial charge in [-0.2, -0.15) is 0 Å². The molecular formula is C11H19NS. The van der Waals surface area contributed by atoms with Crippen LogP contribution in [0.2, 0.25) is 0 Å². The van der Waals surface area contributed by atoms with Crippen molar-refractivity contribution in [1.82, 2.24) is 4.90 Å². The van der Waals surface area contributed by atoms with Gasteiger partial charge in [0.05, 0.1) is 5.88 Å². The summed E-state index contributed by atoms with van der Waals surface area (Å²) < 4.78 is 0. The minimum absolute atomic E-state index is 0.599. The molecule has 0 N–H and O–H groups in total. The second kappa shape index (κ2) is 4.23. The first-order valence-corrected chi connectivity index (χ1v) is 5.76. The van der Waals surface area contributed by atoms with E-state index in [9.17, 15) is 0 Å². The number of nitrogens with zero attached hydrogens (tertiary/aromatic N) is 1. The lowest BCUT2D eigenvalue weighted by Gasteiger charge is -2.34. The summed E-state index contributed by atoms with van der Waals surface area (Å²) in [4.78, 5) is 3.88. The van der Waals surface area contributed by atoms with Gasteiger partial charge >= 0.3 is 0 Å². The Morgan fingerprint density at radius 2 is 2.08 bits per heavy atom. The Morgan fingerprint density at radius 1 is 1.46 bits per heavy atom. The molecule has 0 aromatic heterocycles. The molecule has 0 aromatic carbocycles. The lowest BCUT2D eigenvalue weighted by atomic mass is 10.2. The van der Waals surface area contributed by atoms with E-state index in [4.69, 9.17) is 0 Å². The van der Waals surface area contributed by atoms with E-state index in [1.165, 1.54) is 16.2 Å². The normalized spacial score (nSPS) is 17.8. The number of thioether (sulfide) groups is 1. The smallest absolute Gasteiger partial charge is 0.0685 e. The molecule has 0 radical (unpaired) electrons. The van der Waals surface area contributed by atoms with Gasteiger partial charge in [-0.3, -0.25) is 0 Å². The third-order valence-electron chi connectivity index (χ3n) is 2.22. The Bertz CT molecular complexity index is 247. The highest BCUT2D eigenvalue weighted by Crippen LogP contribution is 2.30. The first-order valence-electron chi connectivity index (χ1n) is 4.77. The van der Waals surface area contributed by atoms with Crippen molar-refractivity contribution in [2.24, 2.45) is 0 Å². The highest BCUT2D eigenvalue weighted by atomic mass is 32.2. The van der Waals surface area contributed by atoms with E-state index in [-0.39, 0.29) is 0 Å². The molecule has 0 bridgehead atoms. The van der Waals surface area contributed by atoms with Gasteiger partial charge in [0.2, 0.25) is 0 Å². The largest absolute Gasteiger partial charge is 0.360 e. The second-order valence-electron chi connectivity index (χ2n) is 3.98. The number of hydrogen-bond donors (Lipinski definition) is 0.